The Hall–Kier alpha value is -1.06. The van der Waals surface area contributed by atoms with E-state index in [0.717, 1.165) is 16.9 Å². The summed E-state index contributed by atoms with van der Waals surface area (Å²) in [6.45, 7) is 2.44. The smallest absolute Gasteiger partial charge is 0.122 e. The maximum atomic E-state index is 5.84. The standard InChI is InChI=1S/C10H16N2O/c1-7-8(9(12)6-11)4-3-5-10(7)13-2/h3-5,9H,6,11-12H2,1-2H3. The van der Waals surface area contributed by atoms with Crippen molar-refractivity contribution in [2.45, 2.75) is 13.0 Å². The van der Waals surface area contributed by atoms with Crippen molar-refractivity contribution in [2.24, 2.45) is 11.5 Å². The van der Waals surface area contributed by atoms with E-state index in [1.807, 2.05) is 25.1 Å². The highest BCUT2D eigenvalue weighted by Gasteiger charge is 2.09. The van der Waals surface area contributed by atoms with Crippen LogP contribution in [0.1, 0.15) is 17.2 Å². The van der Waals surface area contributed by atoms with Gasteiger partial charge in [0.1, 0.15) is 5.75 Å². The van der Waals surface area contributed by atoms with E-state index in [0.29, 0.717) is 6.54 Å². The molecule has 0 aromatic heterocycles. The Balaban J connectivity index is 3.08. The highest BCUT2D eigenvalue weighted by atomic mass is 16.5. The Morgan fingerprint density at radius 2 is 2.15 bits per heavy atom. The highest BCUT2D eigenvalue weighted by molar-refractivity contribution is 5.40. The first-order chi connectivity index (χ1) is 6.20. The fraction of sp³-hybridized carbons (Fsp3) is 0.400. The number of methoxy groups -OCH3 is 1. The number of nitrogens with two attached hydrogens (primary N) is 2. The summed E-state index contributed by atoms with van der Waals surface area (Å²) in [6.07, 6.45) is 0. The van der Waals surface area contributed by atoms with Gasteiger partial charge in [-0.15, -0.1) is 0 Å². The molecule has 4 N–H and O–H groups in total. The Bertz CT molecular complexity index is 286. The number of rotatable bonds is 3. The molecule has 1 unspecified atom stereocenters. The van der Waals surface area contributed by atoms with E-state index in [4.69, 9.17) is 16.2 Å². The zero-order chi connectivity index (χ0) is 9.84. The molecule has 0 aliphatic rings. The molecule has 0 radical (unpaired) electrons. The molecule has 0 saturated carbocycles. The normalized spacial score (nSPS) is 12.6. The van der Waals surface area contributed by atoms with E-state index in [-0.39, 0.29) is 6.04 Å². The molecule has 0 fully saturated rings. The first kappa shape index (κ1) is 10.0. The Labute approximate surface area is 78.7 Å². The molecule has 0 aliphatic carbocycles. The summed E-state index contributed by atoms with van der Waals surface area (Å²) in [4.78, 5) is 0. The molecule has 1 rings (SSSR count). The van der Waals surface area contributed by atoms with E-state index in [1.54, 1.807) is 7.11 Å². The minimum Gasteiger partial charge on any atom is -0.496 e. The van der Waals surface area contributed by atoms with E-state index >= 15 is 0 Å². The largest absolute Gasteiger partial charge is 0.496 e. The van der Waals surface area contributed by atoms with Crippen LogP contribution in [0.2, 0.25) is 0 Å². The lowest BCUT2D eigenvalue weighted by Crippen LogP contribution is -2.21. The van der Waals surface area contributed by atoms with Gasteiger partial charge in [0.25, 0.3) is 0 Å². The van der Waals surface area contributed by atoms with Crippen LogP contribution in [0.5, 0.6) is 5.75 Å². The van der Waals surface area contributed by atoms with Crippen LogP contribution in [0.25, 0.3) is 0 Å². The number of ether oxygens (including phenoxy) is 1. The van der Waals surface area contributed by atoms with E-state index in [9.17, 15) is 0 Å². The number of benzene rings is 1. The Kier molecular flexibility index (Phi) is 3.28. The molecular weight excluding hydrogens is 164 g/mol. The SMILES string of the molecule is COc1cccc(C(N)CN)c1C. The van der Waals surface area contributed by atoms with E-state index < -0.39 is 0 Å². The molecule has 3 heteroatoms. The van der Waals surface area contributed by atoms with Gasteiger partial charge in [-0.05, 0) is 24.1 Å². The third-order valence-corrected chi connectivity index (χ3v) is 2.20. The predicted molar refractivity (Wildman–Crippen MR) is 53.7 cm³/mol. The van der Waals surface area contributed by atoms with Crippen molar-refractivity contribution in [3.8, 4) is 5.75 Å². The molecule has 0 spiro atoms. The summed E-state index contributed by atoms with van der Waals surface area (Å²) in [5.41, 5.74) is 13.5. The van der Waals surface area contributed by atoms with E-state index in [2.05, 4.69) is 0 Å². The lowest BCUT2D eigenvalue weighted by Gasteiger charge is -2.14. The molecule has 1 aromatic carbocycles. The summed E-state index contributed by atoms with van der Waals surface area (Å²) in [7, 11) is 1.65. The van der Waals surface area contributed by atoms with E-state index in [1.165, 1.54) is 0 Å². The third kappa shape index (κ3) is 1.99. The van der Waals surface area contributed by atoms with Crippen LogP contribution in [0.3, 0.4) is 0 Å². The molecule has 1 atom stereocenters. The quantitative estimate of drug-likeness (QED) is 0.728. The van der Waals surface area contributed by atoms with Crippen molar-refractivity contribution in [3.63, 3.8) is 0 Å². The average Bonchev–Trinajstić information content (AvgIpc) is 2.17. The fourth-order valence-corrected chi connectivity index (χ4v) is 1.38. The fourth-order valence-electron chi connectivity index (χ4n) is 1.38. The van der Waals surface area contributed by atoms with Crippen LogP contribution in [-0.2, 0) is 0 Å². The van der Waals surface area contributed by atoms with Crippen LogP contribution >= 0.6 is 0 Å². The van der Waals surface area contributed by atoms with Gasteiger partial charge >= 0.3 is 0 Å². The Morgan fingerprint density at radius 1 is 1.46 bits per heavy atom. The van der Waals surface area contributed by atoms with Gasteiger partial charge in [-0.2, -0.15) is 0 Å². The second-order valence-corrected chi connectivity index (χ2v) is 3.02. The first-order valence-electron chi connectivity index (χ1n) is 4.29. The van der Waals surface area contributed by atoms with Gasteiger partial charge in [0.15, 0.2) is 0 Å². The number of hydrogen-bond donors (Lipinski definition) is 2. The summed E-state index contributed by atoms with van der Waals surface area (Å²) >= 11 is 0. The van der Waals surface area contributed by atoms with Gasteiger partial charge in [-0.25, -0.2) is 0 Å². The van der Waals surface area contributed by atoms with Crippen LogP contribution in [0, 0.1) is 6.92 Å². The lowest BCUT2D eigenvalue weighted by atomic mass is 10.0. The lowest BCUT2D eigenvalue weighted by molar-refractivity contribution is 0.410. The molecule has 0 bridgehead atoms. The van der Waals surface area contributed by atoms with Crippen molar-refractivity contribution in [1.82, 2.24) is 0 Å². The van der Waals surface area contributed by atoms with Crippen LogP contribution < -0.4 is 16.2 Å². The molecule has 0 heterocycles. The first-order valence-corrected chi connectivity index (χ1v) is 4.29. The van der Waals surface area contributed by atoms with Crippen LogP contribution in [0.15, 0.2) is 18.2 Å². The van der Waals surface area contributed by atoms with Gasteiger partial charge < -0.3 is 16.2 Å². The maximum Gasteiger partial charge on any atom is 0.122 e. The van der Waals surface area contributed by atoms with Crippen molar-refractivity contribution in [1.29, 1.82) is 0 Å². The molecular formula is C10H16N2O. The van der Waals surface area contributed by atoms with Crippen molar-refractivity contribution in [2.75, 3.05) is 13.7 Å². The third-order valence-electron chi connectivity index (χ3n) is 2.20. The van der Waals surface area contributed by atoms with Gasteiger partial charge in [0, 0.05) is 12.6 Å². The number of hydrogen-bond acceptors (Lipinski definition) is 3. The van der Waals surface area contributed by atoms with Crippen molar-refractivity contribution >= 4 is 0 Å². The molecule has 0 amide bonds. The second kappa shape index (κ2) is 4.25. The van der Waals surface area contributed by atoms with Crippen LogP contribution in [0.4, 0.5) is 0 Å². The summed E-state index contributed by atoms with van der Waals surface area (Å²) in [6, 6.07) is 5.73. The zero-order valence-corrected chi connectivity index (χ0v) is 8.08. The molecule has 1 aromatic rings. The minimum absolute atomic E-state index is 0.102. The van der Waals surface area contributed by atoms with Crippen molar-refractivity contribution < 1.29 is 4.74 Å². The van der Waals surface area contributed by atoms with Gasteiger partial charge in [-0.1, -0.05) is 12.1 Å². The monoisotopic (exact) mass is 180 g/mol. The zero-order valence-electron chi connectivity index (χ0n) is 8.08. The summed E-state index contributed by atoms with van der Waals surface area (Å²) in [5, 5.41) is 0. The van der Waals surface area contributed by atoms with Gasteiger partial charge in [0.05, 0.1) is 7.11 Å². The topological polar surface area (TPSA) is 61.3 Å². The molecule has 72 valence electrons. The summed E-state index contributed by atoms with van der Waals surface area (Å²) < 4.78 is 5.18. The van der Waals surface area contributed by atoms with Crippen molar-refractivity contribution in [3.05, 3.63) is 29.3 Å². The Morgan fingerprint density at radius 3 is 2.69 bits per heavy atom. The molecule has 0 aliphatic heterocycles. The van der Waals surface area contributed by atoms with Gasteiger partial charge in [-0.3, -0.25) is 0 Å². The minimum atomic E-state index is -0.102. The highest BCUT2D eigenvalue weighted by Crippen LogP contribution is 2.24. The average molecular weight is 180 g/mol. The molecule has 3 nitrogen and oxygen atoms in total. The van der Waals surface area contributed by atoms with Crippen LogP contribution in [-0.4, -0.2) is 13.7 Å². The second-order valence-electron chi connectivity index (χ2n) is 3.02. The summed E-state index contributed by atoms with van der Waals surface area (Å²) in [5.74, 6) is 0.862. The molecule has 13 heavy (non-hydrogen) atoms. The molecule has 0 saturated heterocycles. The maximum absolute atomic E-state index is 5.84. The predicted octanol–water partition coefficient (Wildman–Crippen LogP) is 0.962. The van der Waals surface area contributed by atoms with Gasteiger partial charge in [0.2, 0.25) is 0 Å².